The molecule has 54 heavy (non-hydrogen) atoms. The van der Waals surface area contributed by atoms with Gasteiger partial charge in [-0.3, -0.25) is 0 Å². The van der Waals surface area contributed by atoms with E-state index in [1.807, 2.05) is 0 Å². The molecule has 0 amide bonds. The van der Waals surface area contributed by atoms with Crippen LogP contribution in [-0.2, 0) is 0 Å². The predicted octanol–water partition coefficient (Wildman–Crippen LogP) is 14.4. The lowest BCUT2D eigenvalue weighted by Crippen LogP contribution is -2.11. The van der Waals surface area contributed by atoms with Gasteiger partial charge < -0.3 is 9.47 Å². The Labute approximate surface area is 315 Å². The largest absolute Gasteiger partial charge is 0.310 e. The van der Waals surface area contributed by atoms with Crippen molar-refractivity contribution < 1.29 is 0 Å². The first-order valence-electron chi connectivity index (χ1n) is 18.5. The zero-order valence-electron chi connectivity index (χ0n) is 29.7. The highest BCUT2D eigenvalue weighted by Crippen LogP contribution is 2.46. The minimum Gasteiger partial charge on any atom is -0.310 e. The van der Waals surface area contributed by atoms with E-state index in [9.17, 15) is 0 Å². The van der Waals surface area contributed by atoms with Gasteiger partial charge in [-0.1, -0.05) is 158 Å². The minimum atomic E-state index is 1.09. The fourth-order valence-corrected chi connectivity index (χ4v) is 8.05. The van der Waals surface area contributed by atoms with Crippen LogP contribution in [0.15, 0.2) is 218 Å². The van der Waals surface area contributed by atoms with Gasteiger partial charge in [0, 0.05) is 33.4 Å². The quantitative estimate of drug-likeness (QED) is 0.162. The van der Waals surface area contributed by atoms with Crippen LogP contribution < -0.4 is 4.90 Å². The smallest absolute Gasteiger partial charge is 0.0547 e. The molecule has 0 bridgehead atoms. The molecule has 0 saturated carbocycles. The van der Waals surface area contributed by atoms with Gasteiger partial charge in [0.05, 0.1) is 16.7 Å². The Balaban J connectivity index is 1.18. The van der Waals surface area contributed by atoms with Gasteiger partial charge in [-0.15, -0.1) is 0 Å². The van der Waals surface area contributed by atoms with Gasteiger partial charge in [0.1, 0.15) is 0 Å². The number of para-hydroxylation sites is 3. The van der Waals surface area contributed by atoms with Crippen LogP contribution in [0.1, 0.15) is 0 Å². The van der Waals surface area contributed by atoms with Gasteiger partial charge in [-0.2, -0.15) is 0 Å². The number of hydrogen-bond donors (Lipinski definition) is 0. The topological polar surface area (TPSA) is 8.17 Å². The van der Waals surface area contributed by atoms with E-state index < -0.39 is 0 Å². The highest BCUT2D eigenvalue weighted by molar-refractivity contribution is 6.17. The average Bonchev–Trinajstić information content (AvgIpc) is 3.59. The summed E-state index contributed by atoms with van der Waals surface area (Å²) in [4.78, 5) is 2.42. The number of hydrogen-bond acceptors (Lipinski definition) is 1. The van der Waals surface area contributed by atoms with Crippen LogP contribution in [0.25, 0.3) is 71.6 Å². The molecule has 0 N–H and O–H groups in total. The normalized spacial score (nSPS) is 11.3. The van der Waals surface area contributed by atoms with Gasteiger partial charge in [0.15, 0.2) is 0 Å². The molecule has 2 heteroatoms. The van der Waals surface area contributed by atoms with Crippen LogP contribution in [0, 0.1) is 0 Å². The number of aromatic nitrogens is 1. The van der Waals surface area contributed by atoms with Gasteiger partial charge in [0.25, 0.3) is 0 Å². The molecule has 0 unspecified atom stereocenters. The molecule has 9 aromatic carbocycles. The average molecular weight is 689 g/mol. The van der Waals surface area contributed by atoms with Crippen LogP contribution in [0.3, 0.4) is 0 Å². The highest BCUT2D eigenvalue weighted by Gasteiger charge is 2.21. The zero-order valence-corrected chi connectivity index (χ0v) is 29.7. The van der Waals surface area contributed by atoms with E-state index in [1.165, 1.54) is 66.0 Å². The maximum absolute atomic E-state index is 2.42. The molecule has 0 aliphatic rings. The lowest BCUT2D eigenvalue weighted by atomic mass is 9.96. The van der Waals surface area contributed by atoms with Crippen molar-refractivity contribution in [3.63, 3.8) is 0 Å². The summed E-state index contributed by atoms with van der Waals surface area (Å²) in [6, 6.07) is 78.9. The molecule has 0 radical (unpaired) electrons. The van der Waals surface area contributed by atoms with Crippen LogP contribution in [0.5, 0.6) is 0 Å². The molecule has 1 heterocycles. The maximum atomic E-state index is 2.42. The summed E-state index contributed by atoms with van der Waals surface area (Å²) in [6.07, 6.45) is 0. The molecule has 1 aromatic heterocycles. The Kier molecular flexibility index (Phi) is 7.85. The molecule has 254 valence electrons. The van der Waals surface area contributed by atoms with Crippen molar-refractivity contribution in [3.8, 4) is 39.1 Å². The summed E-state index contributed by atoms with van der Waals surface area (Å²) in [7, 11) is 0. The Hall–Kier alpha value is -7.16. The van der Waals surface area contributed by atoms with Gasteiger partial charge >= 0.3 is 0 Å². The molecule has 10 rings (SSSR count). The number of rotatable bonds is 7. The lowest BCUT2D eigenvalue weighted by Gasteiger charge is -2.28. The van der Waals surface area contributed by atoms with E-state index in [-0.39, 0.29) is 0 Å². The number of anilines is 3. The molecule has 0 atom stereocenters. The first-order chi connectivity index (χ1) is 26.8. The summed E-state index contributed by atoms with van der Waals surface area (Å²) >= 11 is 0. The Bertz CT molecular complexity index is 2920. The predicted molar refractivity (Wildman–Crippen MR) is 229 cm³/mol. The molecule has 0 saturated heterocycles. The second-order valence-corrected chi connectivity index (χ2v) is 13.8. The number of benzene rings is 9. The van der Waals surface area contributed by atoms with Crippen molar-refractivity contribution in [1.29, 1.82) is 0 Å². The number of fused-ring (bicyclic) bond motifs is 4. The Morgan fingerprint density at radius 1 is 0.333 bits per heavy atom. The van der Waals surface area contributed by atoms with E-state index in [2.05, 4.69) is 228 Å². The Morgan fingerprint density at radius 3 is 1.78 bits per heavy atom. The van der Waals surface area contributed by atoms with E-state index in [0.717, 1.165) is 22.7 Å². The first kappa shape index (κ1) is 31.6. The van der Waals surface area contributed by atoms with E-state index >= 15 is 0 Å². The summed E-state index contributed by atoms with van der Waals surface area (Å²) in [5, 5.41) is 4.98. The van der Waals surface area contributed by atoms with Gasteiger partial charge in [-0.25, -0.2) is 0 Å². The number of nitrogens with zero attached hydrogens (tertiary/aromatic N) is 2. The summed E-state index contributed by atoms with van der Waals surface area (Å²) in [5.74, 6) is 0. The van der Waals surface area contributed by atoms with Gasteiger partial charge in [-0.05, 0) is 99.3 Å². The molecule has 0 fully saturated rings. The van der Waals surface area contributed by atoms with Crippen molar-refractivity contribution in [2.24, 2.45) is 0 Å². The van der Waals surface area contributed by atoms with Crippen LogP contribution in [0.4, 0.5) is 17.1 Å². The maximum Gasteiger partial charge on any atom is 0.0547 e. The van der Waals surface area contributed by atoms with Crippen molar-refractivity contribution in [2.45, 2.75) is 0 Å². The minimum absolute atomic E-state index is 1.09. The fraction of sp³-hybridized carbons (Fsp3) is 0. The molecule has 0 aliphatic heterocycles. The summed E-state index contributed by atoms with van der Waals surface area (Å²) in [5.41, 5.74) is 14.0. The third-order valence-corrected chi connectivity index (χ3v) is 10.6. The Morgan fingerprint density at radius 2 is 0.926 bits per heavy atom. The van der Waals surface area contributed by atoms with Crippen molar-refractivity contribution in [1.82, 2.24) is 4.57 Å². The highest BCUT2D eigenvalue weighted by atomic mass is 15.1. The van der Waals surface area contributed by atoms with E-state index in [1.54, 1.807) is 0 Å². The molecule has 0 spiro atoms. The second-order valence-electron chi connectivity index (χ2n) is 13.8. The second kappa shape index (κ2) is 13.4. The van der Waals surface area contributed by atoms with Gasteiger partial charge in [0.2, 0.25) is 0 Å². The first-order valence-corrected chi connectivity index (χ1v) is 18.5. The monoisotopic (exact) mass is 688 g/mol. The zero-order chi connectivity index (χ0) is 35.8. The molecule has 0 aliphatic carbocycles. The summed E-state index contributed by atoms with van der Waals surface area (Å²) in [6.45, 7) is 0. The van der Waals surface area contributed by atoms with E-state index in [0.29, 0.717) is 0 Å². The SMILES string of the molecule is c1ccc(-c2cccc(N(c3ccc(-c4ccc5ccccc5c4)cc3)c3ccccc3-c3cccc4c3c3ccccc3n4-c3ccccc3)c2)cc1. The van der Waals surface area contributed by atoms with Crippen molar-refractivity contribution in [2.75, 3.05) is 4.90 Å². The van der Waals surface area contributed by atoms with Crippen molar-refractivity contribution >= 4 is 49.6 Å². The van der Waals surface area contributed by atoms with Crippen LogP contribution in [-0.4, -0.2) is 4.57 Å². The molecule has 10 aromatic rings. The standard InChI is InChI=1S/C52H36N2/c1-3-15-37(16-4-1)41-19-13-22-45(36-41)53(44-33-31-39(32-34-44)42-30-29-38-17-7-8-18-40(38)35-42)49-26-11-9-23-46(49)47-25-14-28-51-52(47)48-24-10-12-27-50(48)54(51)43-20-5-2-6-21-43/h1-36H. The molecular weight excluding hydrogens is 653 g/mol. The van der Waals surface area contributed by atoms with E-state index in [4.69, 9.17) is 0 Å². The fourth-order valence-electron chi connectivity index (χ4n) is 8.05. The van der Waals surface area contributed by atoms with Crippen LogP contribution >= 0.6 is 0 Å². The van der Waals surface area contributed by atoms with Crippen LogP contribution in [0.2, 0.25) is 0 Å². The molecule has 2 nitrogen and oxygen atoms in total. The lowest BCUT2D eigenvalue weighted by molar-refractivity contribution is 1.18. The third-order valence-electron chi connectivity index (χ3n) is 10.6. The summed E-state index contributed by atoms with van der Waals surface area (Å²) < 4.78 is 2.39. The third kappa shape index (κ3) is 5.53. The molecular formula is C52H36N2. The van der Waals surface area contributed by atoms with Crippen molar-refractivity contribution in [3.05, 3.63) is 218 Å².